The molecule has 0 aromatic heterocycles. The average Bonchev–Trinajstić information content (AvgIpc) is 2.19. The van der Waals surface area contributed by atoms with E-state index < -0.39 is 5.97 Å². The maximum atomic E-state index is 11.3. The minimum Gasteiger partial charge on any atom is -0.480 e. The second-order valence-corrected chi connectivity index (χ2v) is 3.70. The summed E-state index contributed by atoms with van der Waals surface area (Å²) in [7, 11) is 0. The van der Waals surface area contributed by atoms with E-state index >= 15 is 0 Å². The van der Waals surface area contributed by atoms with Crippen LogP contribution in [0.25, 0.3) is 0 Å². The molecule has 0 aliphatic heterocycles. The topological polar surface area (TPSA) is 57.6 Å². The number of carboxylic acids is 1. The maximum absolute atomic E-state index is 11.3. The van der Waals surface area contributed by atoms with Crippen molar-refractivity contribution in [2.24, 2.45) is 0 Å². The van der Waals surface area contributed by atoms with E-state index in [-0.39, 0.29) is 12.5 Å². The van der Waals surface area contributed by atoms with Crippen LogP contribution in [0.5, 0.6) is 0 Å². The van der Waals surface area contributed by atoms with Crippen molar-refractivity contribution in [3.8, 4) is 0 Å². The van der Waals surface area contributed by atoms with Crippen molar-refractivity contribution < 1.29 is 14.7 Å². The number of benzene rings is 1. The van der Waals surface area contributed by atoms with Gasteiger partial charge < -0.3 is 10.0 Å². The van der Waals surface area contributed by atoms with Crippen LogP contribution >= 0.6 is 0 Å². The molecule has 1 rings (SSSR count). The van der Waals surface area contributed by atoms with Crippen LogP contribution in [0.3, 0.4) is 0 Å². The molecule has 1 N–H and O–H groups in total. The van der Waals surface area contributed by atoms with Gasteiger partial charge in [-0.25, -0.2) is 0 Å². The first kappa shape index (κ1) is 12.2. The van der Waals surface area contributed by atoms with Gasteiger partial charge in [-0.05, 0) is 18.1 Å². The molecule has 0 heterocycles. The average molecular weight is 221 g/mol. The van der Waals surface area contributed by atoms with Gasteiger partial charge >= 0.3 is 5.97 Å². The van der Waals surface area contributed by atoms with Crippen molar-refractivity contribution in [3.05, 3.63) is 35.4 Å². The summed E-state index contributed by atoms with van der Waals surface area (Å²) in [6.07, 6.45) is 0. The molecule has 86 valence electrons. The van der Waals surface area contributed by atoms with Gasteiger partial charge in [0.15, 0.2) is 0 Å². The SMILES string of the molecule is CC(=O)N(CC(=O)O)Cc1ccccc1C. The number of aryl methyl sites for hydroxylation is 1. The predicted molar refractivity (Wildman–Crippen MR) is 59.9 cm³/mol. The van der Waals surface area contributed by atoms with Crippen molar-refractivity contribution in [2.75, 3.05) is 6.54 Å². The summed E-state index contributed by atoms with van der Waals surface area (Å²) in [6.45, 7) is 3.40. The molecular weight excluding hydrogens is 206 g/mol. The van der Waals surface area contributed by atoms with E-state index in [9.17, 15) is 9.59 Å². The lowest BCUT2D eigenvalue weighted by atomic mass is 10.1. The maximum Gasteiger partial charge on any atom is 0.323 e. The first-order valence-electron chi connectivity index (χ1n) is 5.02. The molecule has 1 amide bonds. The molecule has 0 bridgehead atoms. The highest BCUT2D eigenvalue weighted by Gasteiger charge is 2.13. The largest absolute Gasteiger partial charge is 0.480 e. The van der Waals surface area contributed by atoms with Crippen LogP contribution in [0, 0.1) is 6.92 Å². The summed E-state index contributed by atoms with van der Waals surface area (Å²) >= 11 is 0. The summed E-state index contributed by atoms with van der Waals surface area (Å²) in [5.74, 6) is -1.23. The Morgan fingerprint density at radius 1 is 1.31 bits per heavy atom. The van der Waals surface area contributed by atoms with Gasteiger partial charge in [0, 0.05) is 13.5 Å². The lowest BCUT2D eigenvalue weighted by molar-refractivity contribution is -0.144. The molecule has 0 atom stereocenters. The van der Waals surface area contributed by atoms with Crippen LogP contribution in [0.1, 0.15) is 18.1 Å². The second kappa shape index (κ2) is 5.30. The van der Waals surface area contributed by atoms with E-state index in [0.717, 1.165) is 11.1 Å². The number of rotatable bonds is 4. The summed E-state index contributed by atoms with van der Waals surface area (Å²) < 4.78 is 0. The van der Waals surface area contributed by atoms with Crippen molar-refractivity contribution in [3.63, 3.8) is 0 Å². The van der Waals surface area contributed by atoms with Gasteiger partial charge in [-0.1, -0.05) is 24.3 Å². The van der Waals surface area contributed by atoms with Crippen LogP contribution < -0.4 is 0 Å². The highest BCUT2D eigenvalue weighted by Crippen LogP contribution is 2.10. The fourth-order valence-corrected chi connectivity index (χ4v) is 1.43. The molecule has 16 heavy (non-hydrogen) atoms. The molecule has 0 saturated carbocycles. The number of nitrogens with zero attached hydrogens (tertiary/aromatic N) is 1. The Kier molecular flexibility index (Phi) is 4.05. The van der Waals surface area contributed by atoms with Gasteiger partial charge in [0.1, 0.15) is 6.54 Å². The normalized spacial score (nSPS) is 9.88. The molecule has 0 fully saturated rings. The van der Waals surface area contributed by atoms with Gasteiger partial charge in [0.25, 0.3) is 0 Å². The van der Waals surface area contributed by atoms with Crippen molar-refractivity contribution in [1.82, 2.24) is 4.90 Å². The molecule has 0 saturated heterocycles. The van der Waals surface area contributed by atoms with E-state index in [0.29, 0.717) is 6.54 Å². The molecule has 0 aliphatic carbocycles. The highest BCUT2D eigenvalue weighted by molar-refractivity contribution is 5.79. The van der Waals surface area contributed by atoms with E-state index in [4.69, 9.17) is 5.11 Å². The Bertz CT molecular complexity index is 401. The monoisotopic (exact) mass is 221 g/mol. The Balaban J connectivity index is 2.80. The Morgan fingerprint density at radius 2 is 1.94 bits per heavy atom. The standard InChI is InChI=1S/C12H15NO3/c1-9-5-3-4-6-11(9)7-13(10(2)14)8-12(15)16/h3-6H,7-8H2,1-2H3,(H,15,16). The van der Waals surface area contributed by atoms with E-state index in [1.165, 1.54) is 11.8 Å². The molecule has 4 heteroatoms. The fraction of sp³-hybridized carbons (Fsp3) is 0.333. The predicted octanol–water partition coefficient (Wildman–Crippen LogP) is 1.43. The van der Waals surface area contributed by atoms with Gasteiger partial charge in [-0.15, -0.1) is 0 Å². The Labute approximate surface area is 94.5 Å². The number of carbonyl (C=O) groups is 2. The first-order valence-corrected chi connectivity index (χ1v) is 5.02. The molecule has 1 aromatic rings. The lowest BCUT2D eigenvalue weighted by Crippen LogP contribution is -2.33. The van der Waals surface area contributed by atoms with Crippen molar-refractivity contribution in [1.29, 1.82) is 0 Å². The third-order valence-electron chi connectivity index (χ3n) is 2.39. The zero-order valence-electron chi connectivity index (χ0n) is 9.43. The molecular formula is C12H15NO3. The quantitative estimate of drug-likeness (QED) is 0.836. The third kappa shape index (κ3) is 3.38. The van der Waals surface area contributed by atoms with E-state index in [1.54, 1.807) is 0 Å². The lowest BCUT2D eigenvalue weighted by Gasteiger charge is -2.19. The molecule has 0 radical (unpaired) electrons. The molecule has 0 unspecified atom stereocenters. The summed E-state index contributed by atoms with van der Waals surface area (Å²) in [5.41, 5.74) is 2.03. The number of aliphatic carboxylic acids is 1. The molecule has 4 nitrogen and oxygen atoms in total. The number of amides is 1. The minimum atomic E-state index is -0.996. The first-order chi connectivity index (χ1) is 7.50. The Morgan fingerprint density at radius 3 is 2.44 bits per heavy atom. The molecule has 1 aromatic carbocycles. The van der Waals surface area contributed by atoms with Gasteiger partial charge in [-0.2, -0.15) is 0 Å². The number of carboxylic acid groups (broad SMARTS) is 1. The van der Waals surface area contributed by atoms with Crippen LogP contribution in [0.4, 0.5) is 0 Å². The van der Waals surface area contributed by atoms with E-state index in [2.05, 4.69) is 0 Å². The fourth-order valence-electron chi connectivity index (χ4n) is 1.43. The summed E-state index contributed by atoms with van der Waals surface area (Å²) in [4.78, 5) is 23.2. The second-order valence-electron chi connectivity index (χ2n) is 3.70. The smallest absolute Gasteiger partial charge is 0.323 e. The van der Waals surface area contributed by atoms with Gasteiger partial charge in [0.05, 0.1) is 0 Å². The summed E-state index contributed by atoms with van der Waals surface area (Å²) in [6, 6.07) is 7.62. The summed E-state index contributed by atoms with van der Waals surface area (Å²) in [5, 5.41) is 8.69. The van der Waals surface area contributed by atoms with Gasteiger partial charge in [0.2, 0.25) is 5.91 Å². The van der Waals surface area contributed by atoms with Gasteiger partial charge in [-0.3, -0.25) is 9.59 Å². The Hall–Kier alpha value is -1.84. The zero-order valence-corrected chi connectivity index (χ0v) is 9.43. The highest BCUT2D eigenvalue weighted by atomic mass is 16.4. The van der Waals surface area contributed by atoms with Crippen LogP contribution in [-0.2, 0) is 16.1 Å². The van der Waals surface area contributed by atoms with E-state index in [1.807, 2.05) is 31.2 Å². The van der Waals surface area contributed by atoms with Crippen LogP contribution in [0.15, 0.2) is 24.3 Å². The number of hydrogen-bond acceptors (Lipinski definition) is 2. The van der Waals surface area contributed by atoms with Crippen LogP contribution in [0.2, 0.25) is 0 Å². The minimum absolute atomic E-state index is 0.231. The molecule has 0 aliphatic rings. The number of carbonyl (C=O) groups excluding carboxylic acids is 1. The van der Waals surface area contributed by atoms with Crippen molar-refractivity contribution in [2.45, 2.75) is 20.4 Å². The third-order valence-corrected chi connectivity index (χ3v) is 2.39. The number of hydrogen-bond donors (Lipinski definition) is 1. The zero-order chi connectivity index (χ0) is 12.1. The van der Waals surface area contributed by atoms with Crippen LogP contribution in [-0.4, -0.2) is 28.4 Å². The van der Waals surface area contributed by atoms with Crippen molar-refractivity contribution >= 4 is 11.9 Å². The molecule has 0 spiro atoms.